The van der Waals surface area contributed by atoms with E-state index in [1.54, 1.807) is 0 Å². The van der Waals surface area contributed by atoms with Crippen LogP contribution in [0.25, 0.3) is 11.1 Å². The zero-order valence-corrected chi connectivity index (χ0v) is 10.9. The molecule has 1 spiro atoms. The van der Waals surface area contributed by atoms with Crippen molar-refractivity contribution in [3.8, 4) is 11.1 Å². The topological polar surface area (TPSA) is 17.1 Å². The first-order valence-electron chi connectivity index (χ1n) is 7.02. The molecule has 0 atom stereocenters. The number of hydrogen-bond acceptors (Lipinski definition) is 1. The fourth-order valence-electron chi connectivity index (χ4n) is 3.98. The summed E-state index contributed by atoms with van der Waals surface area (Å²) in [5.74, 6) is 0.415. The molecule has 0 amide bonds. The average Bonchev–Trinajstić information content (AvgIpc) is 2.71. The molecule has 0 aromatic heterocycles. The van der Waals surface area contributed by atoms with Crippen LogP contribution in [0.5, 0.6) is 0 Å². The van der Waals surface area contributed by atoms with E-state index < -0.39 is 0 Å². The van der Waals surface area contributed by atoms with Crippen LogP contribution in [0.2, 0.25) is 0 Å². The van der Waals surface area contributed by atoms with E-state index in [2.05, 4.69) is 48.5 Å². The number of ketones is 1. The third-order valence-corrected chi connectivity index (χ3v) is 4.73. The molecule has 2 aromatic carbocycles. The van der Waals surface area contributed by atoms with Gasteiger partial charge in [-0.1, -0.05) is 48.5 Å². The lowest BCUT2D eigenvalue weighted by molar-refractivity contribution is -0.121. The Hall–Kier alpha value is -1.89. The van der Waals surface area contributed by atoms with Crippen molar-refractivity contribution >= 4 is 5.78 Å². The lowest BCUT2D eigenvalue weighted by atomic mass is 9.67. The number of Topliss-reactive ketones (excluding diaryl/α,β-unsaturated/α-hetero) is 1. The monoisotopic (exact) mass is 248 g/mol. The fourth-order valence-corrected chi connectivity index (χ4v) is 3.98. The van der Waals surface area contributed by atoms with Crippen LogP contribution in [-0.2, 0) is 10.2 Å². The van der Waals surface area contributed by atoms with Crippen molar-refractivity contribution in [2.75, 3.05) is 0 Å². The van der Waals surface area contributed by atoms with E-state index in [0.29, 0.717) is 12.2 Å². The average molecular weight is 248 g/mol. The van der Waals surface area contributed by atoms with Crippen LogP contribution in [0.3, 0.4) is 0 Å². The lowest BCUT2D eigenvalue weighted by Gasteiger charge is -2.34. The van der Waals surface area contributed by atoms with Gasteiger partial charge in [0.25, 0.3) is 0 Å². The highest BCUT2D eigenvalue weighted by molar-refractivity contribution is 5.88. The number of fused-ring (bicyclic) bond motifs is 5. The standard InChI is InChI=1S/C18H16O/c19-13-6-5-11-18(12-13)16-9-3-1-7-14(16)15-8-2-4-10-17(15)18/h1-4,7-10H,5-6,11-12H2. The van der Waals surface area contributed by atoms with Crippen LogP contribution < -0.4 is 0 Å². The summed E-state index contributed by atoms with van der Waals surface area (Å²) in [6.45, 7) is 0. The molecule has 0 bridgehead atoms. The van der Waals surface area contributed by atoms with E-state index in [4.69, 9.17) is 0 Å². The number of carbonyl (C=O) groups excluding carboxylic acids is 1. The van der Waals surface area contributed by atoms with Gasteiger partial charge in [-0.05, 0) is 35.1 Å². The Morgan fingerprint density at radius 3 is 2.00 bits per heavy atom. The summed E-state index contributed by atoms with van der Waals surface area (Å²) in [4.78, 5) is 12.0. The molecule has 0 unspecified atom stereocenters. The van der Waals surface area contributed by atoms with Crippen molar-refractivity contribution < 1.29 is 4.79 Å². The third kappa shape index (κ3) is 1.39. The van der Waals surface area contributed by atoms with Crippen LogP contribution >= 0.6 is 0 Å². The van der Waals surface area contributed by atoms with Crippen LogP contribution in [-0.4, -0.2) is 5.78 Å². The van der Waals surface area contributed by atoms with E-state index in [9.17, 15) is 4.79 Å². The first kappa shape index (κ1) is 11.0. The lowest BCUT2D eigenvalue weighted by Crippen LogP contribution is -2.32. The van der Waals surface area contributed by atoms with Crippen molar-refractivity contribution in [3.05, 3.63) is 59.7 Å². The Kier molecular flexibility index (Phi) is 2.20. The van der Waals surface area contributed by atoms with E-state index in [0.717, 1.165) is 19.3 Å². The number of benzene rings is 2. The minimum Gasteiger partial charge on any atom is -0.300 e. The second kappa shape index (κ2) is 3.80. The summed E-state index contributed by atoms with van der Waals surface area (Å²) >= 11 is 0. The normalized spacial score (nSPS) is 19.3. The third-order valence-electron chi connectivity index (χ3n) is 4.73. The van der Waals surface area contributed by atoms with Crippen molar-refractivity contribution in [2.45, 2.75) is 31.1 Å². The van der Waals surface area contributed by atoms with Crippen molar-refractivity contribution in [2.24, 2.45) is 0 Å². The van der Waals surface area contributed by atoms with Gasteiger partial charge in [0.05, 0.1) is 0 Å². The molecule has 94 valence electrons. The van der Waals surface area contributed by atoms with Gasteiger partial charge in [-0.25, -0.2) is 0 Å². The molecule has 1 nitrogen and oxygen atoms in total. The van der Waals surface area contributed by atoms with E-state index in [-0.39, 0.29) is 5.41 Å². The maximum atomic E-state index is 12.0. The summed E-state index contributed by atoms with van der Waals surface area (Å²) in [6, 6.07) is 17.2. The molecule has 0 N–H and O–H groups in total. The second-order valence-electron chi connectivity index (χ2n) is 5.74. The van der Waals surface area contributed by atoms with Gasteiger partial charge in [-0.15, -0.1) is 0 Å². The predicted octanol–water partition coefficient (Wildman–Crippen LogP) is 4.10. The van der Waals surface area contributed by atoms with Crippen molar-refractivity contribution in [3.63, 3.8) is 0 Å². The molecule has 0 radical (unpaired) electrons. The van der Waals surface area contributed by atoms with Crippen LogP contribution in [0.15, 0.2) is 48.5 Å². The van der Waals surface area contributed by atoms with Crippen molar-refractivity contribution in [1.29, 1.82) is 0 Å². The summed E-state index contributed by atoms with van der Waals surface area (Å²) < 4.78 is 0. The Morgan fingerprint density at radius 2 is 1.42 bits per heavy atom. The summed E-state index contributed by atoms with van der Waals surface area (Å²) in [6.07, 6.45) is 3.56. The van der Waals surface area contributed by atoms with Crippen LogP contribution in [0.4, 0.5) is 0 Å². The van der Waals surface area contributed by atoms with E-state index >= 15 is 0 Å². The maximum Gasteiger partial charge on any atom is 0.134 e. The van der Waals surface area contributed by atoms with Gasteiger partial charge in [-0.2, -0.15) is 0 Å². The van der Waals surface area contributed by atoms with Gasteiger partial charge in [0, 0.05) is 18.3 Å². The minimum absolute atomic E-state index is 0.0392. The van der Waals surface area contributed by atoms with Gasteiger partial charge in [0.1, 0.15) is 5.78 Å². The van der Waals surface area contributed by atoms with E-state index in [1.165, 1.54) is 22.3 Å². The smallest absolute Gasteiger partial charge is 0.134 e. The molecule has 0 saturated heterocycles. The largest absolute Gasteiger partial charge is 0.300 e. The Morgan fingerprint density at radius 1 is 0.842 bits per heavy atom. The molecule has 2 aromatic rings. The SMILES string of the molecule is O=C1CCCC2(C1)c1ccccc1-c1ccccc12. The van der Waals surface area contributed by atoms with Gasteiger partial charge >= 0.3 is 0 Å². The summed E-state index contributed by atoms with van der Waals surface area (Å²) in [5.41, 5.74) is 5.34. The van der Waals surface area contributed by atoms with E-state index in [1.807, 2.05) is 0 Å². The molecule has 2 aliphatic carbocycles. The molecule has 4 rings (SSSR count). The zero-order chi connectivity index (χ0) is 12.9. The van der Waals surface area contributed by atoms with Crippen LogP contribution in [0, 0.1) is 0 Å². The highest BCUT2D eigenvalue weighted by Crippen LogP contribution is 2.54. The molecule has 2 aliphatic rings. The molecule has 0 aliphatic heterocycles. The molecule has 1 fully saturated rings. The highest BCUT2D eigenvalue weighted by Gasteiger charge is 2.45. The van der Waals surface area contributed by atoms with Crippen molar-refractivity contribution in [1.82, 2.24) is 0 Å². The number of hydrogen-bond donors (Lipinski definition) is 0. The highest BCUT2D eigenvalue weighted by atomic mass is 16.1. The minimum atomic E-state index is -0.0392. The first-order chi connectivity index (χ1) is 9.31. The predicted molar refractivity (Wildman–Crippen MR) is 76.1 cm³/mol. The van der Waals surface area contributed by atoms with Crippen LogP contribution in [0.1, 0.15) is 36.8 Å². The second-order valence-corrected chi connectivity index (χ2v) is 5.74. The summed E-state index contributed by atoms with van der Waals surface area (Å²) in [5, 5.41) is 0. The Bertz CT molecular complexity index is 623. The zero-order valence-electron chi connectivity index (χ0n) is 10.9. The molecule has 1 saturated carbocycles. The maximum absolute atomic E-state index is 12.0. The number of carbonyl (C=O) groups is 1. The molecule has 0 heterocycles. The first-order valence-corrected chi connectivity index (χ1v) is 7.02. The Labute approximate surface area is 113 Å². The molecule has 1 heteroatoms. The fraction of sp³-hybridized carbons (Fsp3) is 0.278. The van der Waals surface area contributed by atoms with Gasteiger partial charge in [-0.3, -0.25) is 4.79 Å². The quantitative estimate of drug-likeness (QED) is 0.686. The molecule has 19 heavy (non-hydrogen) atoms. The molecular formula is C18H16O. The van der Waals surface area contributed by atoms with Gasteiger partial charge in [0.15, 0.2) is 0 Å². The molecular weight excluding hydrogens is 232 g/mol. The summed E-state index contributed by atoms with van der Waals surface area (Å²) in [7, 11) is 0. The Balaban J connectivity index is 2.03. The van der Waals surface area contributed by atoms with Gasteiger partial charge < -0.3 is 0 Å². The van der Waals surface area contributed by atoms with Gasteiger partial charge in [0.2, 0.25) is 0 Å². The number of rotatable bonds is 0.